The smallest absolute Gasteiger partial charge is 0.246 e. The van der Waals surface area contributed by atoms with Crippen LogP contribution in [0.2, 0.25) is 0 Å². The van der Waals surface area contributed by atoms with E-state index in [0.717, 1.165) is 35.0 Å². The molecule has 1 aromatic heterocycles. The summed E-state index contributed by atoms with van der Waals surface area (Å²) < 4.78 is 28.3. The zero-order valence-electron chi connectivity index (χ0n) is 52.9. The van der Waals surface area contributed by atoms with Gasteiger partial charge in [-0.3, -0.25) is 47.9 Å². The first-order valence-corrected chi connectivity index (χ1v) is 31.8. The molecule has 0 saturated carbocycles. The van der Waals surface area contributed by atoms with Gasteiger partial charge < -0.3 is 66.0 Å². The maximum Gasteiger partial charge on any atom is 0.246 e. The Hall–Kier alpha value is -9.19. The molecule has 5 aromatic rings. The maximum absolute atomic E-state index is 15.2. The predicted octanol–water partition coefficient (Wildman–Crippen LogP) is 3.44. The van der Waals surface area contributed by atoms with Crippen molar-refractivity contribution in [2.45, 2.75) is 153 Å². The second-order valence-electron chi connectivity index (χ2n) is 24.0. The molecule has 0 radical (unpaired) electrons. The third kappa shape index (κ3) is 19.9. The van der Waals surface area contributed by atoms with Gasteiger partial charge in [0, 0.05) is 102 Å². The maximum atomic E-state index is 15.2. The van der Waals surface area contributed by atoms with Crippen LogP contribution in [-0.4, -0.2) is 169 Å². The van der Waals surface area contributed by atoms with Gasteiger partial charge in [-0.15, -0.1) is 0 Å². The van der Waals surface area contributed by atoms with Crippen LogP contribution in [0.3, 0.4) is 0 Å². The van der Waals surface area contributed by atoms with E-state index in [9.17, 15) is 47.9 Å². The molecule has 3 aliphatic heterocycles. The largest absolute Gasteiger partial charge is 0.497 e. The minimum Gasteiger partial charge on any atom is -0.497 e. The van der Waals surface area contributed by atoms with Crippen LogP contribution in [0.1, 0.15) is 105 Å². The molecule has 10 amide bonds. The van der Waals surface area contributed by atoms with Crippen molar-refractivity contribution in [2.24, 2.45) is 0 Å². The van der Waals surface area contributed by atoms with Gasteiger partial charge in [-0.05, 0) is 116 Å². The van der Waals surface area contributed by atoms with E-state index < -0.39 is 78.2 Å². The number of carbonyl (C=O) groups excluding carboxylic acids is 10. The van der Waals surface area contributed by atoms with Gasteiger partial charge in [-0.25, -0.2) is 4.39 Å². The topological polar surface area (TPSA) is 288 Å². The van der Waals surface area contributed by atoms with E-state index in [1.807, 2.05) is 47.2 Å². The molecule has 23 nitrogen and oxygen atoms in total. The lowest BCUT2D eigenvalue weighted by Gasteiger charge is -2.28. The summed E-state index contributed by atoms with van der Waals surface area (Å²) in [6, 6.07) is 21.3. The number of likely N-dealkylation sites (tertiary alicyclic amines) is 1. The number of halogens is 1. The second-order valence-corrected chi connectivity index (χ2v) is 24.0. The van der Waals surface area contributed by atoms with Gasteiger partial charge >= 0.3 is 0 Å². The molecule has 492 valence electrons. The van der Waals surface area contributed by atoms with Crippen molar-refractivity contribution in [3.05, 3.63) is 136 Å². The highest BCUT2D eigenvalue weighted by molar-refractivity contribution is 5.96. The monoisotopic (exact) mass is 1270 g/mol. The van der Waals surface area contributed by atoms with Crippen molar-refractivity contribution in [2.75, 3.05) is 53.5 Å². The lowest BCUT2D eigenvalue weighted by Crippen LogP contribution is -2.56. The fourth-order valence-corrected chi connectivity index (χ4v) is 11.8. The Kier molecular flexibility index (Phi) is 25.2. The van der Waals surface area contributed by atoms with Gasteiger partial charge in [0.15, 0.2) is 0 Å². The van der Waals surface area contributed by atoms with E-state index in [1.165, 1.54) is 24.0 Å². The minimum atomic E-state index is -1.28. The number of fused-ring (bicyclic) bond motifs is 10. The number of aryl methyl sites for hydroxylation is 1. The SMILES string of the molecule is COc1ccc(C[C@H](NC=O)C(=O)N2CCC[C@H]2C(=O)NCCc2ccc(CN3CCCCCCn4cc(c5cc(F)ccc54)C[C@@H]4NC(=O)[C@H](Cc5cccc(c5)CNC(=O)CO[C@H](C)CCN(C)C4=O)NC(=O)CNC(=O)[C@H](C)NC(=O)CCC3=O)cc2)cc1. The Balaban J connectivity index is 0.948. The number of rotatable bonds is 12. The highest BCUT2D eigenvalue weighted by Crippen LogP contribution is 2.27. The van der Waals surface area contributed by atoms with Gasteiger partial charge in [-0.1, -0.05) is 73.5 Å². The number of amides is 10. The Morgan fingerprint density at radius 2 is 1.47 bits per heavy atom. The molecule has 92 heavy (non-hydrogen) atoms. The van der Waals surface area contributed by atoms with Gasteiger partial charge in [0.25, 0.3) is 0 Å². The molecule has 0 unspecified atom stereocenters. The molecular formula is C68H86FN11O12. The molecule has 0 aliphatic carbocycles. The number of aromatic nitrogens is 1. The van der Waals surface area contributed by atoms with Crippen molar-refractivity contribution in [1.82, 2.24) is 56.5 Å². The quantitative estimate of drug-likeness (QED) is 0.0885. The third-order valence-corrected chi connectivity index (χ3v) is 17.1. The second kappa shape index (κ2) is 33.8. The molecule has 6 atom stereocenters. The number of hydrogen-bond donors (Lipinski definition) is 7. The van der Waals surface area contributed by atoms with E-state index in [0.29, 0.717) is 98.9 Å². The van der Waals surface area contributed by atoms with Crippen LogP contribution in [0.15, 0.2) is 97.2 Å². The average Bonchev–Trinajstić information content (AvgIpc) is 2.00. The van der Waals surface area contributed by atoms with Crippen molar-refractivity contribution in [3.8, 4) is 5.75 Å². The van der Waals surface area contributed by atoms with Crippen molar-refractivity contribution >= 4 is 70.5 Å². The molecule has 24 heteroatoms. The lowest BCUT2D eigenvalue weighted by atomic mass is 10.0. The number of nitrogens with zero attached hydrogens (tertiary/aromatic N) is 4. The van der Waals surface area contributed by atoms with Crippen LogP contribution >= 0.6 is 0 Å². The molecule has 1 saturated heterocycles. The van der Waals surface area contributed by atoms with Crippen molar-refractivity contribution < 1.29 is 61.8 Å². The zero-order valence-corrected chi connectivity index (χ0v) is 52.9. The summed E-state index contributed by atoms with van der Waals surface area (Å²) in [5.74, 6) is -4.20. The number of ether oxygens (including phenoxy) is 2. The Morgan fingerprint density at radius 1 is 0.728 bits per heavy atom. The van der Waals surface area contributed by atoms with E-state index in [-0.39, 0.29) is 82.0 Å². The van der Waals surface area contributed by atoms with Gasteiger partial charge in [0.2, 0.25) is 59.6 Å². The molecule has 8 rings (SSSR count). The molecule has 3 aliphatic rings. The van der Waals surface area contributed by atoms with Crippen LogP contribution in [0.5, 0.6) is 5.75 Å². The third-order valence-electron chi connectivity index (χ3n) is 17.1. The summed E-state index contributed by atoms with van der Waals surface area (Å²) in [4.78, 5) is 140. The van der Waals surface area contributed by atoms with E-state index >= 15 is 4.39 Å². The van der Waals surface area contributed by atoms with E-state index in [2.05, 4.69) is 37.2 Å². The minimum absolute atomic E-state index is 0.0451. The summed E-state index contributed by atoms with van der Waals surface area (Å²) in [7, 11) is 3.16. The van der Waals surface area contributed by atoms with Gasteiger partial charge in [0.1, 0.15) is 48.4 Å². The van der Waals surface area contributed by atoms with Crippen LogP contribution in [0.25, 0.3) is 10.9 Å². The summed E-state index contributed by atoms with van der Waals surface area (Å²) in [6.45, 7) is 4.66. The molecule has 1 fully saturated rings. The molecule has 0 spiro atoms. The van der Waals surface area contributed by atoms with Crippen LogP contribution in [0, 0.1) is 5.82 Å². The standard InChI is InChI=1S/C68H86FN11O12/c1-44-27-32-77(3)67(89)57-36-51-41-78(58-23-20-52(69)37-54(51)58)29-7-5-6-8-30-79(40-48-16-14-46(15-17-48)26-28-70-66(88)59-13-10-31-80(59)68(90)56(73-43-81)34-47-18-21-53(91-4)22-19-47)63(85)25-24-60(82)74-45(2)64(86)72-39-61(83)75-55(65(87)76-57)35-49-11-9-12-50(33-49)38-71-62(84)42-92-44/h9,11-12,14-23,33,37,41,43-45,55-57,59H,5-8,10,13,24-32,34-36,38-40,42H2,1-4H3,(H,70,88)(H,71,84)(H,72,86)(H,73,81)(H,74,82)(H,75,83)(H,76,87)/t44-,45+,55+,56+,57+,59+/m1/s1. The first-order chi connectivity index (χ1) is 44.3. The average molecular weight is 1270 g/mol. The first kappa shape index (κ1) is 68.7. The first-order valence-electron chi connectivity index (χ1n) is 31.8. The van der Waals surface area contributed by atoms with Crippen LogP contribution < -0.4 is 42.0 Å². The lowest BCUT2D eigenvalue weighted by molar-refractivity contribution is -0.140. The predicted molar refractivity (Wildman–Crippen MR) is 340 cm³/mol. The van der Waals surface area contributed by atoms with Gasteiger partial charge in [-0.2, -0.15) is 0 Å². The number of benzene rings is 4. The number of hydrogen-bond acceptors (Lipinski definition) is 12. The number of nitrogens with one attached hydrogen (secondary N) is 7. The number of carbonyl (C=O) groups is 10. The summed E-state index contributed by atoms with van der Waals surface area (Å²) >= 11 is 0. The highest BCUT2D eigenvalue weighted by Gasteiger charge is 2.37. The van der Waals surface area contributed by atoms with Gasteiger partial charge in [0.05, 0.1) is 19.8 Å². The fraction of sp³-hybridized carbons (Fsp3) is 0.471. The highest BCUT2D eigenvalue weighted by atomic mass is 19.1. The Bertz CT molecular complexity index is 3420. The number of likely N-dealkylation sites (N-methyl/N-ethyl adjacent to an activating group) is 1. The van der Waals surface area contributed by atoms with Crippen molar-refractivity contribution in [3.63, 3.8) is 0 Å². The fourth-order valence-electron chi connectivity index (χ4n) is 11.8. The van der Waals surface area contributed by atoms with Crippen LogP contribution in [0.4, 0.5) is 4.39 Å². The summed E-state index contributed by atoms with van der Waals surface area (Å²) in [5, 5.41) is 19.8. The van der Waals surface area contributed by atoms with E-state index in [4.69, 9.17) is 9.47 Å². The van der Waals surface area contributed by atoms with Crippen LogP contribution in [-0.2, 0) is 98.0 Å². The normalized spacial score (nSPS) is 21.4. The molecule has 4 aromatic carbocycles. The molecular weight excluding hydrogens is 1180 g/mol. The summed E-state index contributed by atoms with van der Waals surface area (Å²) in [6.07, 6.45) is 6.54. The molecule has 4 heterocycles. The Labute approximate surface area is 535 Å². The van der Waals surface area contributed by atoms with Crippen molar-refractivity contribution in [1.29, 1.82) is 0 Å². The zero-order chi connectivity index (χ0) is 65.7. The van der Waals surface area contributed by atoms with E-state index in [1.54, 1.807) is 73.3 Å². The Morgan fingerprint density at radius 3 is 2.23 bits per heavy atom. The number of methoxy groups -OCH3 is 1. The molecule has 6 bridgehead atoms. The molecule has 7 N–H and O–H groups in total. The summed E-state index contributed by atoms with van der Waals surface area (Å²) in [5.41, 5.74) is 5.25.